The molecule has 2 aliphatic rings. The van der Waals surface area contributed by atoms with E-state index in [1.165, 1.54) is 18.2 Å². The predicted molar refractivity (Wildman–Crippen MR) is 107 cm³/mol. The molecule has 0 N–H and O–H groups in total. The van der Waals surface area contributed by atoms with Gasteiger partial charge in [0, 0.05) is 6.08 Å². The van der Waals surface area contributed by atoms with Gasteiger partial charge in [0.2, 0.25) is 0 Å². The maximum Gasteiger partial charge on any atom is 0.416 e. The van der Waals surface area contributed by atoms with E-state index in [9.17, 15) is 18.0 Å². The van der Waals surface area contributed by atoms with E-state index in [1.54, 1.807) is 12.1 Å². The minimum atomic E-state index is -4.27. The van der Waals surface area contributed by atoms with Crippen LogP contribution in [0.25, 0.3) is 0 Å². The van der Waals surface area contributed by atoms with Crippen LogP contribution < -0.4 is 0 Å². The molecule has 0 aromatic heterocycles. The van der Waals surface area contributed by atoms with Crippen LogP contribution in [0.4, 0.5) is 13.2 Å². The highest BCUT2D eigenvalue weighted by Crippen LogP contribution is 2.43. The van der Waals surface area contributed by atoms with Gasteiger partial charge in [0.1, 0.15) is 6.10 Å². The van der Waals surface area contributed by atoms with Crippen molar-refractivity contribution in [3.8, 4) is 0 Å². The lowest BCUT2D eigenvalue weighted by Gasteiger charge is -2.37. The molecule has 0 unspecified atom stereocenters. The Balaban J connectivity index is 1.43. The number of ether oxygens (including phenoxy) is 1. The molecule has 0 radical (unpaired) electrons. The molecule has 2 nitrogen and oxygen atoms in total. The summed E-state index contributed by atoms with van der Waals surface area (Å²) < 4.78 is 43.8. The molecule has 2 saturated carbocycles. The minimum absolute atomic E-state index is 0.0451. The molecular formula is C24H31F3O2. The summed E-state index contributed by atoms with van der Waals surface area (Å²) in [7, 11) is 0. The Hall–Kier alpha value is -1.78. The number of hydrogen-bond donors (Lipinski definition) is 0. The zero-order chi connectivity index (χ0) is 20.9. The molecule has 1 aromatic carbocycles. The molecule has 0 heterocycles. The first kappa shape index (κ1) is 21.9. The Morgan fingerprint density at radius 3 is 2.03 bits per heavy atom. The van der Waals surface area contributed by atoms with Crippen LogP contribution in [-0.2, 0) is 15.7 Å². The first-order chi connectivity index (χ1) is 13.9. The second kappa shape index (κ2) is 9.82. The van der Waals surface area contributed by atoms with Gasteiger partial charge in [-0.2, -0.15) is 13.2 Å². The number of carbonyl (C=O) groups excluding carboxylic acids is 1. The molecule has 2 aliphatic carbocycles. The summed E-state index contributed by atoms with van der Waals surface area (Å²) in [5.41, 5.74) is 0.463. The summed E-state index contributed by atoms with van der Waals surface area (Å²) in [4.78, 5) is 11.7. The monoisotopic (exact) mass is 408 g/mol. The summed E-state index contributed by atoms with van der Waals surface area (Å²) >= 11 is 0. The van der Waals surface area contributed by atoms with E-state index in [4.69, 9.17) is 4.74 Å². The van der Waals surface area contributed by atoms with Crippen molar-refractivity contribution in [3.05, 3.63) is 47.5 Å². The van der Waals surface area contributed by atoms with Crippen molar-refractivity contribution in [1.82, 2.24) is 0 Å². The van der Waals surface area contributed by atoms with Crippen molar-refractivity contribution in [3.63, 3.8) is 0 Å². The van der Waals surface area contributed by atoms with Gasteiger partial charge in [0.25, 0.3) is 0 Å². The van der Waals surface area contributed by atoms with Crippen molar-refractivity contribution in [2.24, 2.45) is 11.8 Å². The predicted octanol–water partition coefficient (Wildman–Crippen LogP) is 7.05. The maximum atomic E-state index is 12.7. The fraction of sp³-hybridized carbons (Fsp3) is 0.625. The zero-order valence-corrected chi connectivity index (χ0v) is 17.1. The van der Waals surface area contributed by atoms with Crippen LogP contribution in [0.5, 0.6) is 0 Å². The van der Waals surface area contributed by atoms with Crippen LogP contribution in [0.3, 0.4) is 0 Å². The second-order valence-corrected chi connectivity index (χ2v) is 8.52. The van der Waals surface area contributed by atoms with Crippen molar-refractivity contribution in [2.75, 3.05) is 0 Å². The Bertz CT molecular complexity index is 677. The highest BCUT2D eigenvalue weighted by Gasteiger charge is 2.33. The summed E-state index contributed by atoms with van der Waals surface area (Å²) in [6, 6.07) is 5.72. The molecule has 3 rings (SSSR count). The summed E-state index contributed by atoms with van der Waals surface area (Å²) in [6.45, 7) is 1.99. The van der Waals surface area contributed by atoms with Gasteiger partial charge in [-0.25, -0.2) is 4.79 Å². The van der Waals surface area contributed by atoms with Crippen molar-refractivity contribution in [2.45, 2.75) is 82.9 Å². The zero-order valence-electron chi connectivity index (χ0n) is 17.1. The minimum Gasteiger partial charge on any atom is -0.459 e. The van der Waals surface area contributed by atoms with Crippen LogP contribution in [0, 0.1) is 11.8 Å². The highest BCUT2D eigenvalue weighted by molar-refractivity contribution is 5.82. The molecule has 0 saturated heterocycles. The molecule has 1 aromatic rings. The van der Waals surface area contributed by atoms with Crippen molar-refractivity contribution < 1.29 is 22.7 Å². The third-order valence-corrected chi connectivity index (χ3v) is 6.64. The summed E-state index contributed by atoms with van der Waals surface area (Å²) in [5, 5.41) is 0. The first-order valence-corrected chi connectivity index (χ1v) is 10.9. The molecule has 0 aliphatic heterocycles. The van der Waals surface area contributed by atoms with Crippen molar-refractivity contribution in [1.29, 1.82) is 0 Å². The quantitative estimate of drug-likeness (QED) is 0.385. The van der Waals surface area contributed by atoms with Gasteiger partial charge < -0.3 is 4.74 Å². The number of halogens is 3. The Labute approximate surface area is 171 Å². The van der Waals surface area contributed by atoms with Gasteiger partial charge in [-0.15, -0.1) is 0 Å². The van der Waals surface area contributed by atoms with E-state index >= 15 is 0 Å². The third-order valence-electron chi connectivity index (χ3n) is 6.64. The Morgan fingerprint density at radius 1 is 0.966 bits per heavy atom. The van der Waals surface area contributed by atoms with E-state index in [-0.39, 0.29) is 12.1 Å². The fourth-order valence-electron chi connectivity index (χ4n) is 4.96. The van der Waals surface area contributed by atoms with Gasteiger partial charge in [0.05, 0.1) is 5.56 Å². The number of allylic oxidation sites excluding steroid dienone is 1. The normalized spacial score (nSPS) is 28.4. The highest BCUT2D eigenvalue weighted by atomic mass is 19.4. The standard InChI is InChI=1S/C24H31F3O2/c1-2-3-4-23(28)29-22-15-11-20(12-16-22)18-7-5-17(6-8-18)19-9-13-21(14-10-19)24(25,26)27/h3-4,9-10,13-14,17-18,20,22H,2,5-8,11-12,15-16H2,1H3. The van der Waals surface area contributed by atoms with Gasteiger partial charge in [0.15, 0.2) is 0 Å². The lowest BCUT2D eigenvalue weighted by Crippen LogP contribution is -2.29. The second-order valence-electron chi connectivity index (χ2n) is 8.52. The summed E-state index contributed by atoms with van der Waals surface area (Å²) in [5.74, 6) is 1.52. The molecule has 0 amide bonds. The number of carbonyl (C=O) groups is 1. The molecule has 2 fully saturated rings. The lowest BCUT2D eigenvalue weighted by molar-refractivity contribution is -0.145. The van der Waals surface area contributed by atoms with E-state index < -0.39 is 11.7 Å². The number of rotatable bonds is 5. The largest absolute Gasteiger partial charge is 0.459 e. The van der Waals surface area contributed by atoms with Crippen LogP contribution >= 0.6 is 0 Å². The van der Waals surface area contributed by atoms with Crippen LogP contribution in [-0.4, -0.2) is 12.1 Å². The molecule has 160 valence electrons. The smallest absolute Gasteiger partial charge is 0.416 e. The van der Waals surface area contributed by atoms with Crippen molar-refractivity contribution >= 4 is 5.97 Å². The van der Waals surface area contributed by atoms with Gasteiger partial charge in [-0.05, 0) is 93.2 Å². The third kappa shape index (κ3) is 6.10. The molecule has 0 atom stereocenters. The van der Waals surface area contributed by atoms with E-state index in [0.29, 0.717) is 17.8 Å². The van der Waals surface area contributed by atoms with E-state index in [1.807, 2.05) is 13.0 Å². The first-order valence-electron chi connectivity index (χ1n) is 10.9. The Kier molecular flexibility index (Phi) is 7.42. The number of esters is 1. The average Bonchev–Trinajstić information content (AvgIpc) is 2.72. The van der Waals surface area contributed by atoms with Crippen LogP contribution in [0.1, 0.15) is 81.8 Å². The summed E-state index contributed by atoms with van der Waals surface area (Å²) in [6.07, 6.45) is 8.41. The Morgan fingerprint density at radius 2 is 1.52 bits per heavy atom. The van der Waals surface area contributed by atoms with Gasteiger partial charge in [-0.3, -0.25) is 0 Å². The number of alkyl halides is 3. The lowest BCUT2D eigenvalue weighted by atomic mass is 9.69. The average molecular weight is 409 g/mol. The SMILES string of the molecule is CCC=CC(=O)OC1CCC(C2CCC(c3ccc(C(F)(F)F)cc3)CC2)CC1. The van der Waals surface area contributed by atoms with Crippen LogP contribution in [0.15, 0.2) is 36.4 Å². The van der Waals surface area contributed by atoms with E-state index in [0.717, 1.165) is 63.4 Å². The van der Waals surface area contributed by atoms with E-state index in [2.05, 4.69) is 0 Å². The topological polar surface area (TPSA) is 26.3 Å². The molecule has 29 heavy (non-hydrogen) atoms. The molecule has 5 heteroatoms. The van der Waals surface area contributed by atoms with Gasteiger partial charge >= 0.3 is 12.1 Å². The van der Waals surface area contributed by atoms with Gasteiger partial charge in [-0.1, -0.05) is 25.1 Å². The molecule has 0 bridgehead atoms. The maximum absolute atomic E-state index is 12.7. The van der Waals surface area contributed by atoms with Crippen LogP contribution in [0.2, 0.25) is 0 Å². The molecular weight excluding hydrogens is 377 g/mol. The fourth-order valence-corrected chi connectivity index (χ4v) is 4.96. The number of hydrogen-bond acceptors (Lipinski definition) is 2. The number of benzene rings is 1. The molecule has 0 spiro atoms.